The second-order valence-electron chi connectivity index (χ2n) is 7.56. The Hall–Kier alpha value is -1.59. The van der Waals surface area contributed by atoms with E-state index in [9.17, 15) is 9.59 Å². The molecular weight excluding hydrogens is 350 g/mol. The highest BCUT2D eigenvalue weighted by atomic mass is 35.5. The van der Waals surface area contributed by atoms with Gasteiger partial charge in [-0.3, -0.25) is 9.59 Å². The van der Waals surface area contributed by atoms with Gasteiger partial charge in [0.25, 0.3) is 5.91 Å². The Bertz CT molecular complexity index is 644. The first-order valence-corrected chi connectivity index (χ1v) is 9.46. The Kier molecular flexibility index (Phi) is 7.47. The first-order valence-electron chi connectivity index (χ1n) is 9.46. The molecule has 2 N–H and O–H groups in total. The van der Waals surface area contributed by atoms with E-state index in [1.54, 1.807) is 0 Å². The van der Waals surface area contributed by atoms with Gasteiger partial charge < -0.3 is 15.5 Å². The third kappa shape index (κ3) is 4.98. The molecule has 6 heteroatoms. The van der Waals surface area contributed by atoms with E-state index in [2.05, 4.69) is 17.6 Å². The van der Waals surface area contributed by atoms with Crippen molar-refractivity contribution < 1.29 is 9.59 Å². The number of piperidine rings is 2. The predicted octanol–water partition coefficient (Wildman–Crippen LogP) is 3.23. The minimum Gasteiger partial charge on any atom is -0.338 e. The third-order valence-electron chi connectivity index (χ3n) is 5.34. The van der Waals surface area contributed by atoms with Crippen LogP contribution in [0.2, 0.25) is 0 Å². The number of nitrogens with one attached hydrogen (secondary N) is 2. The summed E-state index contributed by atoms with van der Waals surface area (Å²) < 4.78 is 0. The zero-order valence-corrected chi connectivity index (χ0v) is 16.5. The highest BCUT2D eigenvalue weighted by Gasteiger charge is 2.24. The SMILES string of the molecule is Cc1cc(C(=O)N2CCCC(C)C2)ccc1NC(=O)C1CCCNC1.Cl. The van der Waals surface area contributed by atoms with Crippen molar-refractivity contribution in [2.24, 2.45) is 11.8 Å². The normalized spacial score (nSPS) is 23.1. The molecule has 2 amide bonds. The maximum Gasteiger partial charge on any atom is 0.253 e. The van der Waals surface area contributed by atoms with Crippen LogP contribution in [0, 0.1) is 18.8 Å². The van der Waals surface area contributed by atoms with Crippen molar-refractivity contribution in [2.45, 2.75) is 39.5 Å². The fourth-order valence-electron chi connectivity index (χ4n) is 3.80. The molecule has 0 aromatic heterocycles. The molecule has 0 radical (unpaired) electrons. The van der Waals surface area contributed by atoms with E-state index in [1.807, 2.05) is 30.0 Å². The number of carbonyl (C=O) groups is 2. The van der Waals surface area contributed by atoms with Crippen molar-refractivity contribution in [3.05, 3.63) is 29.3 Å². The number of carbonyl (C=O) groups excluding carboxylic acids is 2. The molecule has 2 heterocycles. The van der Waals surface area contributed by atoms with Gasteiger partial charge in [0.05, 0.1) is 5.92 Å². The number of benzene rings is 1. The van der Waals surface area contributed by atoms with Gasteiger partial charge in [-0.05, 0) is 68.8 Å². The van der Waals surface area contributed by atoms with Crippen molar-refractivity contribution in [1.82, 2.24) is 10.2 Å². The van der Waals surface area contributed by atoms with E-state index in [4.69, 9.17) is 0 Å². The Balaban J connectivity index is 0.00000243. The summed E-state index contributed by atoms with van der Waals surface area (Å²) in [6, 6.07) is 5.60. The summed E-state index contributed by atoms with van der Waals surface area (Å²) in [6.07, 6.45) is 4.25. The van der Waals surface area contributed by atoms with Crippen molar-refractivity contribution >= 4 is 29.9 Å². The average molecular weight is 380 g/mol. The predicted molar refractivity (Wildman–Crippen MR) is 107 cm³/mol. The highest BCUT2D eigenvalue weighted by Crippen LogP contribution is 2.22. The zero-order valence-electron chi connectivity index (χ0n) is 15.7. The molecule has 2 fully saturated rings. The van der Waals surface area contributed by atoms with Gasteiger partial charge in [0.15, 0.2) is 0 Å². The highest BCUT2D eigenvalue weighted by molar-refractivity contribution is 5.97. The van der Waals surface area contributed by atoms with Gasteiger partial charge in [-0.2, -0.15) is 0 Å². The Morgan fingerprint density at radius 3 is 2.69 bits per heavy atom. The van der Waals surface area contributed by atoms with Crippen LogP contribution in [0.25, 0.3) is 0 Å². The molecular formula is C20H30ClN3O2. The summed E-state index contributed by atoms with van der Waals surface area (Å²) >= 11 is 0. The van der Waals surface area contributed by atoms with E-state index >= 15 is 0 Å². The quantitative estimate of drug-likeness (QED) is 0.847. The largest absolute Gasteiger partial charge is 0.338 e. The first-order chi connectivity index (χ1) is 12.0. The molecule has 5 nitrogen and oxygen atoms in total. The maximum atomic E-state index is 12.7. The van der Waals surface area contributed by atoms with E-state index in [-0.39, 0.29) is 30.1 Å². The second kappa shape index (κ2) is 9.38. The van der Waals surface area contributed by atoms with Crippen LogP contribution >= 0.6 is 12.4 Å². The molecule has 0 aliphatic carbocycles. The van der Waals surface area contributed by atoms with Crippen LogP contribution in [0.5, 0.6) is 0 Å². The van der Waals surface area contributed by atoms with Crippen LogP contribution < -0.4 is 10.6 Å². The summed E-state index contributed by atoms with van der Waals surface area (Å²) in [4.78, 5) is 27.1. The molecule has 26 heavy (non-hydrogen) atoms. The molecule has 144 valence electrons. The number of amides is 2. The van der Waals surface area contributed by atoms with E-state index in [0.29, 0.717) is 11.5 Å². The van der Waals surface area contributed by atoms with Gasteiger partial charge in [-0.25, -0.2) is 0 Å². The van der Waals surface area contributed by atoms with E-state index < -0.39 is 0 Å². The molecule has 0 spiro atoms. The van der Waals surface area contributed by atoms with Crippen LogP contribution in [0.1, 0.15) is 48.5 Å². The fraction of sp³-hybridized carbons (Fsp3) is 0.600. The van der Waals surface area contributed by atoms with Gasteiger partial charge in [0, 0.05) is 30.9 Å². The number of hydrogen-bond donors (Lipinski definition) is 2. The van der Waals surface area contributed by atoms with Gasteiger partial charge in [0.2, 0.25) is 5.91 Å². The van der Waals surface area contributed by atoms with Crippen molar-refractivity contribution in [3.63, 3.8) is 0 Å². The number of anilines is 1. The van der Waals surface area contributed by atoms with Crippen LogP contribution in [-0.4, -0.2) is 42.9 Å². The average Bonchev–Trinajstić information content (AvgIpc) is 2.63. The number of likely N-dealkylation sites (tertiary alicyclic amines) is 1. The minimum absolute atomic E-state index is 0. The van der Waals surface area contributed by atoms with Crippen LogP contribution in [0.15, 0.2) is 18.2 Å². The molecule has 0 saturated carbocycles. The van der Waals surface area contributed by atoms with Crippen LogP contribution in [0.4, 0.5) is 5.69 Å². The lowest BCUT2D eigenvalue weighted by molar-refractivity contribution is -0.120. The molecule has 1 aromatic rings. The Labute approximate surface area is 162 Å². The lowest BCUT2D eigenvalue weighted by Gasteiger charge is -2.31. The topological polar surface area (TPSA) is 61.4 Å². The van der Waals surface area contributed by atoms with Gasteiger partial charge >= 0.3 is 0 Å². The lowest BCUT2D eigenvalue weighted by Crippen LogP contribution is -2.39. The maximum absolute atomic E-state index is 12.7. The second-order valence-corrected chi connectivity index (χ2v) is 7.56. The molecule has 0 bridgehead atoms. The zero-order chi connectivity index (χ0) is 17.8. The molecule has 2 atom stereocenters. The standard InChI is InChI=1S/C20H29N3O2.ClH/c1-14-5-4-10-23(13-14)20(25)16-7-8-18(15(2)11-16)22-19(24)17-6-3-9-21-12-17;/h7-8,11,14,17,21H,3-6,9-10,12-13H2,1-2H3,(H,22,24);1H. The van der Waals surface area contributed by atoms with E-state index in [1.165, 1.54) is 6.42 Å². The van der Waals surface area contributed by atoms with Crippen LogP contribution in [0.3, 0.4) is 0 Å². The van der Waals surface area contributed by atoms with E-state index in [0.717, 1.165) is 56.7 Å². The number of hydrogen-bond acceptors (Lipinski definition) is 3. The van der Waals surface area contributed by atoms with Crippen LogP contribution in [-0.2, 0) is 4.79 Å². The molecule has 2 unspecified atom stereocenters. The first kappa shape index (κ1) is 20.7. The molecule has 1 aromatic carbocycles. The number of halogens is 1. The summed E-state index contributed by atoms with van der Waals surface area (Å²) in [5.74, 6) is 0.772. The van der Waals surface area contributed by atoms with Gasteiger partial charge in [-0.1, -0.05) is 6.92 Å². The molecule has 3 rings (SSSR count). The van der Waals surface area contributed by atoms with Gasteiger partial charge in [0.1, 0.15) is 0 Å². The monoisotopic (exact) mass is 379 g/mol. The minimum atomic E-state index is 0. The molecule has 2 aliphatic heterocycles. The summed E-state index contributed by atoms with van der Waals surface area (Å²) in [7, 11) is 0. The Morgan fingerprint density at radius 1 is 1.23 bits per heavy atom. The summed E-state index contributed by atoms with van der Waals surface area (Å²) in [6.45, 7) is 7.57. The summed E-state index contributed by atoms with van der Waals surface area (Å²) in [5.41, 5.74) is 2.45. The number of aryl methyl sites for hydroxylation is 1. The third-order valence-corrected chi connectivity index (χ3v) is 5.34. The number of rotatable bonds is 3. The molecule has 2 aliphatic rings. The van der Waals surface area contributed by atoms with Crippen molar-refractivity contribution in [2.75, 3.05) is 31.5 Å². The molecule has 2 saturated heterocycles. The Morgan fingerprint density at radius 2 is 2.04 bits per heavy atom. The fourth-order valence-corrected chi connectivity index (χ4v) is 3.80. The van der Waals surface area contributed by atoms with Crippen molar-refractivity contribution in [3.8, 4) is 0 Å². The van der Waals surface area contributed by atoms with Gasteiger partial charge in [-0.15, -0.1) is 12.4 Å². The summed E-state index contributed by atoms with van der Waals surface area (Å²) in [5, 5.41) is 6.30. The van der Waals surface area contributed by atoms with Crippen molar-refractivity contribution in [1.29, 1.82) is 0 Å². The lowest BCUT2D eigenvalue weighted by atomic mass is 9.98. The number of nitrogens with zero attached hydrogens (tertiary/aromatic N) is 1. The smallest absolute Gasteiger partial charge is 0.253 e.